The van der Waals surface area contributed by atoms with Crippen LogP contribution in [-0.2, 0) is 6.54 Å². The lowest BCUT2D eigenvalue weighted by Gasteiger charge is -2.13. The molecule has 0 aliphatic carbocycles. The predicted molar refractivity (Wildman–Crippen MR) is 70.0 cm³/mol. The Balaban J connectivity index is 2.42. The van der Waals surface area contributed by atoms with E-state index in [-0.39, 0.29) is 0 Å². The number of nitrogens with zero attached hydrogens (tertiary/aromatic N) is 2. The van der Waals surface area contributed by atoms with Crippen molar-refractivity contribution in [3.63, 3.8) is 0 Å². The van der Waals surface area contributed by atoms with E-state index >= 15 is 0 Å². The number of halogens is 1. The molecular weight excluding hydrogens is 266 g/mol. The highest BCUT2D eigenvalue weighted by Gasteiger charge is 2.04. The number of fused-ring (bicyclic) bond motifs is 1. The van der Waals surface area contributed by atoms with Crippen LogP contribution >= 0.6 is 15.9 Å². The van der Waals surface area contributed by atoms with Crippen molar-refractivity contribution in [1.29, 1.82) is 0 Å². The number of hydrazine groups is 1. The summed E-state index contributed by atoms with van der Waals surface area (Å²) in [4.78, 5) is 4.43. The number of hydrogen-bond acceptors (Lipinski definition) is 3. The minimum absolute atomic E-state index is 0.786. The van der Waals surface area contributed by atoms with Crippen molar-refractivity contribution in [3.8, 4) is 0 Å². The Kier molecular flexibility index (Phi) is 3.53. The van der Waals surface area contributed by atoms with Crippen LogP contribution in [0.4, 0.5) is 0 Å². The minimum Gasteiger partial charge on any atom is -0.256 e. The van der Waals surface area contributed by atoms with Crippen LogP contribution < -0.4 is 5.43 Å². The van der Waals surface area contributed by atoms with Gasteiger partial charge in [-0.3, -0.25) is 15.4 Å². The van der Waals surface area contributed by atoms with E-state index in [4.69, 9.17) is 0 Å². The first-order valence-corrected chi connectivity index (χ1v) is 5.90. The van der Waals surface area contributed by atoms with Gasteiger partial charge in [-0.2, -0.15) is 0 Å². The van der Waals surface area contributed by atoms with E-state index in [1.54, 1.807) is 0 Å². The number of hydrogen-bond donors (Lipinski definition) is 1. The summed E-state index contributed by atoms with van der Waals surface area (Å²) in [7, 11) is 3.96. The number of nitrogens with one attached hydrogen (secondary N) is 1. The Bertz CT molecular complexity index is 497. The van der Waals surface area contributed by atoms with Crippen LogP contribution in [0.1, 0.15) is 5.56 Å². The summed E-state index contributed by atoms with van der Waals surface area (Å²) in [5.41, 5.74) is 5.50. The number of pyridine rings is 1. The molecule has 0 aliphatic rings. The molecule has 2 rings (SSSR count). The van der Waals surface area contributed by atoms with Gasteiger partial charge >= 0.3 is 0 Å². The Morgan fingerprint density at radius 3 is 2.88 bits per heavy atom. The van der Waals surface area contributed by atoms with E-state index in [0.29, 0.717) is 0 Å². The Morgan fingerprint density at radius 1 is 1.31 bits per heavy atom. The second kappa shape index (κ2) is 4.91. The van der Waals surface area contributed by atoms with E-state index < -0.39 is 0 Å². The molecule has 0 amide bonds. The predicted octanol–water partition coefficient (Wildman–Crippen LogP) is 2.56. The molecule has 0 radical (unpaired) electrons. The van der Waals surface area contributed by atoms with Gasteiger partial charge in [0, 0.05) is 36.7 Å². The first-order chi connectivity index (χ1) is 7.68. The molecular formula is C12H14BrN3. The van der Waals surface area contributed by atoms with Gasteiger partial charge in [-0.15, -0.1) is 0 Å². The van der Waals surface area contributed by atoms with Crippen molar-refractivity contribution in [2.24, 2.45) is 0 Å². The standard InChI is InChI=1S/C12H14BrN3/c1-16(2)15-8-9-5-6-11(13)10-4-3-7-14-12(9)10/h3-7,15H,8H2,1-2H3. The van der Waals surface area contributed by atoms with Crippen LogP contribution in [0.25, 0.3) is 10.9 Å². The first-order valence-electron chi connectivity index (χ1n) is 5.11. The molecule has 0 fully saturated rings. The maximum absolute atomic E-state index is 4.43. The topological polar surface area (TPSA) is 28.2 Å². The molecule has 2 aromatic rings. The largest absolute Gasteiger partial charge is 0.256 e. The quantitative estimate of drug-likeness (QED) is 0.876. The van der Waals surface area contributed by atoms with Gasteiger partial charge in [0.15, 0.2) is 0 Å². The molecule has 0 aliphatic heterocycles. The summed E-state index contributed by atoms with van der Waals surface area (Å²) in [5.74, 6) is 0. The number of aromatic nitrogens is 1. The van der Waals surface area contributed by atoms with Crippen molar-refractivity contribution < 1.29 is 0 Å². The van der Waals surface area contributed by atoms with Gasteiger partial charge in [0.25, 0.3) is 0 Å². The summed E-state index contributed by atoms with van der Waals surface area (Å²) in [5, 5.41) is 3.09. The fourth-order valence-electron chi connectivity index (χ4n) is 1.58. The van der Waals surface area contributed by atoms with Gasteiger partial charge in [-0.05, 0) is 17.7 Å². The highest BCUT2D eigenvalue weighted by Crippen LogP contribution is 2.24. The number of benzene rings is 1. The van der Waals surface area contributed by atoms with Gasteiger partial charge < -0.3 is 0 Å². The molecule has 16 heavy (non-hydrogen) atoms. The van der Waals surface area contributed by atoms with Crippen molar-refractivity contribution in [1.82, 2.24) is 15.4 Å². The fraction of sp³-hybridized carbons (Fsp3) is 0.250. The maximum atomic E-state index is 4.43. The molecule has 1 N–H and O–H groups in total. The molecule has 3 nitrogen and oxygen atoms in total. The minimum atomic E-state index is 0.786. The maximum Gasteiger partial charge on any atom is 0.0758 e. The summed E-state index contributed by atoms with van der Waals surface area (Å²) < 4.78 is 1.09. The van der Waals surface area contributed by atoms with E-state index in [2.05, 4.69) is 44.5 Å². The fourth-order valence-corrected chi connectivity index (χ4v) is 2.03. The van der Waals surface area contributed by atoms with E-state index in [9.17, 15) is 0 Å². The monoisotopic (exact) mass is 279 g/mol. The lowest BCUT2D eigenvalue weighted by molar-refractivity contribution is 0.286. The second-order valence-corrected chi connectivity index (χ2v) is 4.69. The van der Waals surface area contributed by atoms with Crippen molar-refractivity contribution in [3.05, 3.63) is 40.5 Å². The molecule has 0 atom stereocenters. The van der Waals surface area contributed by atoms with Crippen LogP contribution in [0.5, 0.6) is 0 Å². The zero-order valence-corrected chi connectivity index (χ0v) is 11.0. The molecule has 0 saturated carbocycles. The molecule has 1 heterocycles. The van der Waals surface area contributed by atoms with Gasteiger partial charge in [0.2, 0.25) is 0 Å². The molecule has 0 saturated heterocycles. The summed E-state index contributed by atoms with van der Waals surface area (Å²) in [6.07, 6.45) is 1.83. The van der Waals surface area contributed by atoms with Crippen LogP contribution in [0, 0.1) is 0 Å². The Hall–Kier alpha value is -0.970. The van der Waals surface area contributed by atoms with Crippen LogP contribution in [0.15, 0.2) is 34.9 Å². The van der Waals surface area contributed by atoms with Crippen molar-refractivity contribution in [2.45, 2.75) is 6.54 Å². The highest BCUT2D eigenvalue weighted by molar-refractivity contribution is 9.10. The van der Waals surface area contributed by atoms with E-state index in [0.717, 1.165) is 21.9 Å². The Morgan fingerprint density at radius 2 is 2.12 bits per heavy atom. The zero-order valence-electron chi connectivity index (χ0n) is 9.37. The van der Waals surface area contributed by atoms with Crippen molar-refractivity contribution in [2.75, 3.05) is 14.1 Å². The van der Waals surface area contributed by atoms with Crippen molar-refractivity contribution >= 4 is 26.8 Å². The van der Waals surface area contributed by atoms with E-state index in [1.807, 2.05) is 31.4 Å². The third-order valence-corrected chi connectivity index (χ3v) is 3.08. The summed E-state index contributed by atoms with van der Waals surface area (Å²) >= 11 is 3.54. The third-order valence-electron chi connectivity index (χ3n) is 2.39. The van der Waals surface area contributed by atoms with Crippen LogP contribution in [0.2, 0.25) is 0 Å². The van der Waals surface area contributed by atoms with Gasteiger partial charge in [0.05, 0.1) is 5.52 Å². The lowest BCUT2D eigenvalue weighted by Crippen LogP contribution is -2.29. The van der Waals surface area contributed by atoms with Crippen LogP contribution in [0.3, 0.4) is 0 Å². The van der Waals surface area contributed by atoms with Gasteiger partial charge in [-0.25, -0.2) is 0 Å². The molecule has 0 spiro atoms. The van der Waals surface area contributed by atoms with Gasteiger partial charge in [-0.1, -0.05) is 28.1 Å². The molecule has 84 valence electrons. The molecule has 0 bridgehead atoms. The molecule has 1 aromatic carbocycles. The smallest absolute Gasteiger partial charge is 0.0758 e. The average molecular weight is 280 g/mol. The summed E-state index contributed by atoms with van der Waals surface area (Å²) in [6.45, 7) is 0.786. The first kappa shape index (κ1) is 11.5. The molecule has 4 heteroatoms. The summed E-state index contributed by atoms with van der Waals surface area (Å²) in [6, 6.07) is 8.19. The third kappa shape index (κ3) is 2.40. The molecule has 0 unspecified atom stereocenters. The SMILES string of the molecule is CN(C)NCc1ccc(Br)c2cccnc12. The zero-order chi connectivity index (χ0) is 11.5. The second-order valence-electron chi connectivity index (χ2n) is 3.84. The molecule has 1 aromatic heterocycles. The Labute approximate surface area is 104 Å². The van der Waals surface area contributed by atoms with E-state index in [1.165, 1.54) is 5.56 Å². The van der Waals surface area contributed by atoms with Gasteiger partial charge in [0.1, 0.15) is 0 Å². The highest BCUT2D eigenvalue weighted by atomic mass is 79.9. The lowest BCUT2D eigenvalue weighted by atomic mass is 10.1. The normalized spacial score (nSPS) is 11.2. The van der Waals surface area contributed by atoms with Crippen LogP contribution in [-0.4, -0.2) is 24.1 Å². The average Bonchev–Trinajstić information content (AvgIpc) is 2.28. The number of rotatable bonds is 3.